The van der Waals surface area contributed by atoms with Crippen LogP contribution in [0.1, 0.15) is 28.0 Å². The predicted octanol–water partition coefficient (Wildman–Crippen LogP) is 3.40. The Morgan fingerprint density at radius 1 is 1.28 bits per heavy atom. The Bertz CT molecular complexity index is 849. The zero-order valence-electron chi connectivity index (χ0n) is 13.7. The Kier molecular flexibility index (Phi) is 5.56. The molecule has 0 spiro atoms. The summed E-state index contributed by atoms with van der Waals surface area (Å²) in [6, 6.07) is 5.02. The highest BCUT2D eigenvalue weighted by atomic mass is 32.1. The molecule has 1 amide bonds. The van der Waals surface area contributed by atoms with Gasteiger partial charge >= 0.3 is 0 Å². The number of hydrogen-bond donors (Lipinski definition) is 1. The minimum atomic E-state index is -0.275. The van der Waals surface area contributed by atoms with Gasteiger partial charge in [-0.1, -0.05) is 18.3 Å². The van der Waals surface area contributed by atoms with Crippen molar-refractivity contribution in [1.29, 1.82) is 0 Å². The van der Waals surface area contributed by atoms with Crippen LogP contribution in [0.15, 0.2) is 29.1 Å². The van der Waals surface area contributed by atoms with Crippen LogP contribution in [0.25, 0.3) is 0 Å². The molecule has 9 heteroatoms. The summed E-state index contributed by atoms with van der Waals surface area (Å²) in [5.41, 5.74) is 3.05. The van der Waals surface area contributed by atoms with Gasteiger partial charge in [0.1, 0.15) is 11.6 Å². The van der Waals surface area contributed by atoms with Gasteiger partial charge in [0.25, 0.3) is 5.91 Å². The molecule has 7 nitrogen and oxygen atoms in total. The Morgan fingerprint density at radius 3 is 2.84 bits per heavy atom. The topological polar surface area (TPSA) is 86.2 Å². The van der Waals surface area contributed by atoms with Crippen molar-refractivity contribution in [3.63, 3.8) is 0 Å². The van der Waals surface area contributed by atoms with E-state index in [1.165, 1.54) is 29.8 Å². The molecular weight excluding hydrogens is 360 g/mol. The Balaban J connectivity index is 1.70. The molecule has 3 aromatic rings. The normalized spacial score (nSPS) is 10.5. The van der Waals surface area contributed by atoms with Crippen molar-refractivity contribution in [3.05, 3.63) is 45.4 Å². The molecule has 0 aliphatic rings. The number of aryl methyl sites for hydroxylation is 1. The lowest BCUT2D eigenvalue weighted by molar-refractivity contribution is 0.102. The molecule has 2 aromatic heterocycles. The summed E-state index contributed by atoms with van der Waals surface area (Å²) in [7, 11) is 1.53. The molecule has 0 saturated heterocycles. The number of carbonyl (C=O) groups excluding carboxylic acids is 1. The van der Waals surface area contributed by atoms with Crippen molar-refractivity contribution >= 4 is 33.7 Å². The van der Waals surface area contributed by atoms with Crippen LogP contribution in [0, 0.1) is 0 Å². The lowest BCUT2D eigenvalue weighted by atomic mass is 10.2. The van der Waals surface area contributed by atoms with Crippen LogP contribution < -0.4 is 14.8 Å². The monoisotopic (exact) mass is 376 g/mol. The highest BCUT2D eigenvalue weighted by molar-refractivity contribution is 7.15. The number of rotatable bonds is 7. The SMILES string of the molecule is CCc1nnc(NC(=O)c2ccc(OCc3cscn3)c(OC)c2)s1. The lowest BCUT2D eigenvalue weighted by Gasteiger charge is -2.11. The second-order valence-electron chi connectivity index (χ2n) is 4.94. The molecule has 0 aliphatic heterocycles. The number of hydrogen-bond acceptors (Lipinski definition) is 8. The summed E-state index contributed by atoms with van der Waals surface area (Å²) in [5, 5.41) is 13.9. The van der Waals surface area contributed by atoms with Gasteiger partial charge in [0, 0.05) is 10.9 Å². The predicted molar refractivity (Wildman–Crippen MR) is 96.7 cm³/mol. The fourth-order valence-electron chi connectivity index (χ4n) is 2.00. The fraction of sp³-hybridized carbons (Fsp3) is 0.250. The zero-order valence-corrected chi connectivity index (χ0v) is 15.3. The summed E-state index contributed by atoms with van der Waals surface area (Å²) in [6.07, 6.45) is 0.784. The highest BCUT2D eigenvalue weighted by Crippen LogP contribution is 2.29. The number of thiazole rings is 1. The molecule has 0 aliphatic carbocycles. The maximum absolute atomic E-state index is 12.4. The van der Waals surface area contributed by atoms with E-state index in [1.807, 2.05) is 12.3 Å². The van der Waals surface area contributed by atoms with Crippen LogP contribution in [-0.4, -0.2) is 28.2 Å². The molecule has 0 saturated carbocycles. The van der Waals surface area contributed by atoms with E-state index in [-0.39, 0.29) is 5.91 Å². The van der Waals surface area contributed by atoms with Gasteiger partial charge in [-0.25, -0.2) is 4.98 Å². The number of anilines is 1. The molecule has 2 heterocycles. The smallest absolute Gasteiger partial charge is 0.257 e. The van der Waals surface area contributed by atoms with Crippen LogP contribution >= 0.6 is 22.7 Å². The van der Waals surface area contributed by atoms with Crippen molar-refractivity contribution in [2.75, 3.05) is 12.4 Å². The molecule has 0 fully saturated rings. The largest absolute Gasteiger partial charge is 0.493 e. The number of nitrogens with one attached hydrogen (secondary N) is 1. The van der Waals surface area contributed by atoms with Crippen molar-refractivity contribution in [3.8, 4) is 11.5 Å². The average molecular weight is 376 g/mol. The van der Waals surface area contributed by atoms with E-state index < -0.39 is 0 Å². The van der Waals surface area contributed by atoms with Gasteiger partial charge in [-0.15, -0.1) is 21.5 Å². The van der Waals surface area contributed by atoms with Gasteiger partial charge in [0.2, 0.25) is 5.13 Å². The molecule has 130 valence electrons. The minimum absolute atomic E-state index is 0.275. The third-order valence-electron chi connectivity index (χ3n) is 3.27. The van der Waals surface area contributed by atoms with Crippen LogP contribution in [-0.2, 0) is 13.0 Å². The maximum Gasteiger partial charge on any atom is 0.257 e. The van der Waals surface area contributed by atoms with Crippen molar-refractivity contribution in [1.82, 2.24) is 15.2 Å². The number of benzene rings is 1. The van der Waals surface area contributed by atoms with E-state index in [2.05, 4.69) is 20.5 Å². The fourth-order valence-corrected chi connectivity index (χ4v) is 3.22. The number of ether oxygens (including phenoxy) is 2. The van der Waals surface area contributed by atoms with Gasteiger partial charge in [0.15, 0.2) is 11.5 Å². The third kappa shape index (κ3) is 4.31. The van der Waals surface area contributed by atoms with E-state index in [4.69, 9.17) is 9.47 Å². The highest BCUT2D eigenvalue weighted by Gasteiger charge is 2.14. The number of aromatic nitrogens is 3. The molecule has 25 heavy (non-hydrogen) atoms. The summed E-state index contributed by atoms with van der Waals surface area (Å²) in [6.45, 7) is 2.33. The van der Waals surface area contributed by atoms with Crippen LogP contribution in [0.3, 0.4) is 0 Å². The molecule has 0 bridgehead atoms. The second-order valence-corrected chi connectivity index (χ2v) is 6.72. The molecular formula is C16H16N4O3S2. The third-order valence-corrected chi connectivity index (χ3v) is 4.89. The Labute approximate surface area is 152 Å². The quantitative estimate of drug-likeness (QED) is 0.680. The average Bonchev–Trinajstić information content (AvgIpc) is 3.31. The molecule has 3 rings (SSSR count). The van der Waals surface area contributed by atoms with Crippen LogP contribution in [0.4, 0.5) is 5.13 Å². The number of nitrogens with zero attached hydrogens (tertiary/aromatic N) is 3. The standard InChI is InChI=1S/C16H16N4O3S2/c1-3-14-19-20-16(25-14)18-15(21)10-4-5-12(13(6-10)22-2)23-7-11-8-24-9-17-11/h4-6,8-9H,3,7H2,1-2H3,(H,18,20,21). The molecule has 1 aromatic carbocycles. The first-order valence-corrected chi connectivity index (χ1v) is 9.27. The van der Waals surface area contributed by atoms with Crippen LogP contribution in [0.5, 0.6) is 11.5 Å². The molecule has 1 N–H and O–H groups in total. The van der Waals surface area contributed by atoms with Crippen LogP contribution in [0.2, 0.25) is 0 Å². The molecule has 0 unspecified atom stereocenters. The zero-order chi connectivity index (χ0) is 17.6. The number of methoxy groups -OCH3 is 1. The molecule has 0 radical (unpaired) electrons. The molecule has 0 atom stereocenters. The first-order valence-electron chi connectivity index (χ1n) is 7.51. The van der Waals surface area contributed by atoms with Crippen molar-refractivity contribution in [2.45, 2.75) is 20.0 Å². The summed E-state index contributed by atoms with van der Waals surface area (Å²) in [5.74, 6) is 0.758. The second kappa shape index (κ2) is 8.04. The van der Waals surface area contributed by atoms with E-state index >= 15 is 0 Å². The van der Waals surface area contributed by atoms with Gasteiger partial charge in [-0.2, -0.15) is 0 Å². The van der Waals surface area contributed by atoms with E-state index in [0.29, 0.717) is 28.8 Å². The van der Waals surface area contributed by atoms with Gasteiger partial charge < -0.3 is 9.47 Å². The number of amides is 1. The Hall–Kier alpha value is -2.52. The van der Waals surface area contributed by atoms with E-state index in [9.17, 15) is 4.79 Å². The van der Waals surface area contributed by atoms with Gasteiger partial charge in [-0.05, 0) is 24.6 Å². The first-order chi connectivity index (χ1) is 12.2. The first kappa shape index (κ1) is 17.3. The maximum atomic E-state index is 12.4. The van der Waals surface area contributed by atoms with Gasteiger partial charge in [-0.3, -0.25) is 10.1 Å². The van der Waals surface area contributed by atoms with E-state index in [1.54, 1.807) is 23.7 Å². The lowest BCUT2D eigenvalue weighted by Crippen LogP contribution is -2.12. The summed E-state index contributed by atoms with van der Waals surface area (Å²) < 4.78 is 11.0. The van der Waals surface area contributed by atoms with Crippen molar-refractivity contribution in [2.24, 2.45) is 0 Å². The Morgan fingerprint density at radius 2 is 2.16 bits per heavy atom. The van der Waals surface area contributed by atoms with Crippen molar-refractivity contribution < 1.29 is 14.3 Å². The summed E-state index contributed by atoms with van der Waals surface area (Å²) >= 11 is 2.87. The van der Waals surface area contributed by atoms with E-state index in [0.717, 1.165) is 17.1 Å². The minimum Gasteiger partial charge on any atom is -0.493 e. The summed E-state index contributed by atoms with van der Waals surface area (Å²) in [4.78, 5) is 16.5. The van der Waals surface area contributed by atoms with Gasteiger partial charge in [0.05, 0.1) is 18.3 Å². The number of carbonyl (C=O) groups is 1.